The molecule has 0 aliphatic carbocycles. The van der Waals surface area contributed by atoms with Gasteiger partial charge in [0.05, 0.1) is 0 Å². The van der Waals surface area contributed by atoms with Gasteiger partial charge in [-0.15, -0.1) is 0 Å². The lowest BCUT2D eigenvalue weighted by molar-refractivity contribution is 0.229. The van der Waals surface area contributed by atoms with Crippen LogP contribution in [0.25, 0.3) is 11.2 Å². The first-order chi connectivity index (χ1) is 10.1. The summed E-state index contributed by atoms with van der Waals surface area (Å²) in [4.78, 5) is 33.0. The number of nitrogens with zero attached hydrogens (tertiary/aromatic N) is 2. The zero-order valence-corrected chi connectivity index (χ0v) is 11.2. The quantitative estimate of drug-likeness (QED) is 0.685. The van der Waals surface area contributed by atoms with Crippen LogP contribution in [0.4, 0.5) is 0 Å². The van der Waals surface area contributed by atoms with E-state index in [-0.39, 0.29) is 11.6 Å². The van der Waals surface area contributed by atoms with Crippen molar-refractivity contribution in [3.8, 4) is 5.75 Å². The van der Waals surface area contributed by atoms with Gasteiger partial charge in [0.25, 0.3) is 5.56 Å². The lowest BCUT2D eigenvalue weighted by Gasteiger charge is -2.06. The van der Waals surface area contributed by atoms with Crippen LogP contribution in [0.15, 0.2) is 33.9 Å². The van der Waals surface area contributed by atoms with Crippen molar-refractivity contribution in [3.63, 3.8) is 0 Å². The summed E-state index contributed by atoms with van der Waals surface area (Å²) >= 11 is 0. The van der Waals surface area contributed by atoms with Crippen molar-refractivity contribution in [1.82, 2.24) is 19.5 Å². The van der Waals surface area contributed by atoms with Crippen molar-refractivity contribution in [1.29, 1.82) is 0 Å². The molecule has 2 aromatic heterocycles. The molecule has 4 rings (SSSR count). The maximum absolute atomic E-state index is 11.8. The minimum Gasteiger partial charge on any atom is -0.482 e. The first kappa shape index (κ1) is 12.0. The smallest absolute Gasteiger partial charge is 0.329 e. The topological polar surface area (TPSA) is 92.8 Å². The Morgan fingerprint density at radius 1 is 1.29 bits per heavy atom. The van der Waals surface area contributed by atoms with Crippen LogP contribution < -0.4 is 16.0 Å². The van der Waals surface area contributed by atoms with E-state index in [0.717, 1.165) is 11.3 Å². The monoisotopic (exact) mass is 284 g/mol. The molecule has 7 nitrogen and oxygen atoms in total. The maximum Gasteiger partial charge on any atom is 0.329 e. The fourth-order valence-electron chi connectivity index (χ4n) is 2.61. The summed E-state index contributed by atoms with van der Waals surface area (Å²) in [6.45, 7) is 0. The van der Waals surface area contributed by atoms with Gasteiger partial charge >= 0.3 is 5.69 Å². The Labute approximate surface area is 118 Å². The van der Waals surface area contributed by atoms with E-state index in [1.165, 1.54) is 4.57 Å². The summed E-state index contributed by atoms with van der Waals surface area (Å²) in [6, 6.07) is 7.77. The van der Waals surface area contributed by atoms with E-state index in [2.05, 4.69) is 15.0 Å². The van der Waals surface area contributed by atoms with E-state index < -0.39 is 11.2 Å². The first-order valence-electron chi connectivity index (χ1n) is 6.57. The summed E-state index contributed by atoms with van der Waals surface area (Å²) < 4.78 is 7.14. The normalized spacial score (nSPS) is 16.9. The number of hydrogen-bond acceptors (Lipinski definition) is 4. The van der Waals surface area contributed by atoms with E-state index in [1.54, 1.807) is 7.05 Å². The Balaban J connectivity index is 1.83. The fourth-order valence-corrected chi connectivity index (χ4v) is 2.61. The predicted octanol–water partition coefficient (Wildman–Crippen LogP) is 0.626. The van der Waals surface area contributed by atoms with Crippen molar-refractivity contribution >= 4 is 11.2 Å². The van der Waals surface area contributed by atoms with Crippen molar-refractivity contribution in [2.45, 2.75) is 12.5 Å². The van der Waals surface area contributed by atoms with Gasteiger partial charge in [-0.3, -0.25) is 14.3 Å². The highest BCUT2D eigenvalue weighted by atomic mass is 16.5. The number of ether oxygens (including phenoxy) is 1. The Morgan fingerprint density at radius 3 is 2.90 bits per heavy atom. The second-order valence-corrected chi connectivity index (χ2v) is 5.06. The Hall–Kier alpha value is -2.83. The standard InChI is InChI=1S/C14H12N4O3/c1-18-12-10(13(19)17-14(18)20)15-11(16-12)9-6-7-4-2-3-5-8(7)21-9/h2-5,9H,6H2,1H3,(H,15,16)(H,17,19,20). The minimum atomic E-state index is -0.485. The molecule has 0 fully saturated rings. The second-order valence-electron chi connectivity index (χ2n) is 5.06. The molecule has 3 heterocycles. The molecular formula is C14H12N4O3. The Bertz CT molecular complexity index is 941. The molecule has 1 unspecified atom stereocenters. The van der Waals surface area contributed by atoms with E-state index in [4.69, 9.17) is 4.74 Å². The molecule has 1 aliphatic rings. The summed E-state index contributed by atoms with van der Waals surface area (Å²) in [6.07, 6.45) is 0.409. The number of aromatic amines is 2. The molecule has 0 spiro atoms. The van der Waals surface area contributed by atoms with Gasteiger partial charge in [0.2, 0.25) is 0 Å². The van der Waals surface area contributed by atoms with Crippen LogP contribution in [0, 0.1) is 0 Å². The number of imidazole rings is 1. The highest BCUT2D eigenvalue weighted by molar-refractivity contribution is 5.69. The number of benzene rings is 1. The lowest BCUT2D eigenvalue weighted by Crippen LogP contribution is -2.28. The number of hydrogen-bond donors (Lipinski definition) is 2. The molecule has 0 bridgehead atoms. The molecule has 0 saturated heterocycles. The van der Waals surface area contributed by atoms with Gasteiger partial charge in [0, 0.05) is 13.5 Å². The molecule has 3 aromatic rings. The molecule has 1 atom stereocenters. The largest absolute Gasteiger partial charge is 0.482 e. The summed E-state index contributed by atoms with van der Waals surface area (Å²) in [5, 5.41) is 0. The van der Waals surface area contributed by atoms with Crippen LogP contribution in [0.5, 0.6) is 5.75 Å². The number of para-hydroxylation sites is 1. The number of nitrogens with one attached hydrogen (secondary N) is 2. The number of aromatic nitrogens is 4. The predicted molar refractivity (Wildman–Crippen MR) is 75.5 cm³/mol. The average molecular weight is 284 g/mol. The zero-order valence-electron chi connectivity index (χ0n) is 11.2. The van der Waals surface area contributed by atoms with E-state index in [9.17, 15) is 9.59 Å². The molecule has 106 valence electrons. The molecule has 0 amide bonds. The maximum atomic E-state index is 11.8. The van der Waals surface area contributed by atoms with Crippen LogP contribution in [0.2, 0.25) is 0 Å². The molecule has 2 N–H and O–H groups in total. The number of aryl methyl sites for hydroxylation is 1. The highest BCUT2D eigenvalue weighted by Gasteiger charge is 2.27. The highest BCUT2D eigenvalue weighted by Crippen LogP contribution is 2.35. The van der Waals surface area contributed by atoms with Crippen LogP contribution >= 0.6 is 0 Å². The van der Waals surface area contributed by atoms with Crippen molar-refractivity contribution in [2.75, 3.05) is 0 Å². The zero-order chi connectivity index (χ0) is 14.6. The fraction of sp³-hybridized carbons (Fsp3) is 0.214. The third-order valence-electron chi connectivity index (χ3n) is 3.73. The molecule has 7 heteroatoms. The van der Waals surface area contributed by atoms with Crippen molar-refractivity contribution in [2.24, 2.45) is 7.05 Å². The van der Waals surface area contributed by atoms with Crippen LogP contribution in [-0.4, -0.2) is 19.5 Å². The summed E-state index contributed by atoms with van der Waals surface area (Å²) in [5.74, 6) is 1.37. The van der Waals surface area contributed by atoms with Gasteiger partial charge in [0.15, 0.2) is 17.6 Å². The number of H-pyrrole nitrogens is 2. The van der Waals surface area contributed by atoms with Crippen LogP contribution in [0.1, 0.15) is 17.5 Å². The van der Waals surface area contributed by atoms with E-state index in [1.807, 2.05) is 24.3 Å². The van der Waals surface area contributed by atoms with Crippen LogP contribution in [0.3, 0.4) is 0 Å². The number of fused-ring (bicyclic) bond motifs is 2. The molecule has 1 aromatic carbocycles. The summed E-state index contributed by atoms with van der Waals surface area (Å²) in [5.41, 5.74) is 0.763. The Kier molecular flexibility index (Phi) is 2.32. The van der Waals surface area contributed by atoms with Crippen molar-refractivity contribution in [3.05, 3.63) is 56.5 Å². The number of rotatable bonds is 1. The second kappa shape index (κ2) is 4.08. The van der Waals surface area contributed by atoms with Gasteiger partial charge in [-0.25, -0.2) is 9.78 Å². The lowest BCUT2D eigenvalue weighted by atomic mass is 10.1. The third-order valence-corrected chi connectivity index (χ3v) is 3.73. The van der Waals surface area contributed by atoms with Gasteiger partial charge < -0.3 is 9.72 Å². The van der Waals surface area contributed by atoms with E-state index in [0.29, 0.717) is 17.9 Å². The van der Waals surface area contributed by atoms with Gasteiger partial charge in [0.1, 0.15) is 11.3 Å². The first-order valence-corrected chi connectivity index (χ1v) is 6.57. The van der Waals surface area contributed by atoms with E-state index >= 15 is 0 Å². The molecule has 1 aliphatic heterocycles. The summed E-state index contributed by atoms with van der Waals surface area (Å²) in [7, 11) is 1.56. The third kappa shape index (κ3) is 1.70. The minimum absolute atomic E-state index is 0.274. The molecular weight excluding hydrogens is 272 g/mol. The molecule has 0 saturated carbocycles. The van der Waals surface area contributed by atoms with Gasteiger partial charge in [-0.1, -0.05) is 18.2 Å². The van der Waals surface area contributed by atoms with Crippen molar-refractivity contribution < 1.29 is 4.74 Å². The Morgan fingerprint density at radius 2 is 2.10 bits per heavy atom. The molecule has 0 radical (unpaired) electrons. The average Bonchev–Trinajstić information content (AvgIpc) is 3.09. The SMILES string of the molecule is Cn1c(=O)[nH]c(=O)c2[nH]c(C3Cc4ccccc4O3)nc21. The molecule has 21 heavy (non-hydrogen) atoms. The van der Waals surface area contributed by atoms with Crippen LogP contribution in [-0.2, 0) is 13.5 Å². The van der Waals surface area contributed by atoms with Gasteiger partial charge in [-0.05, 0) is 11.6 Å². The van der Waals surface area contributed by atoms with Gasteiger partial charge in [-0.2, -0.15) is 0 Å².